The average molecular weight is 374 g/mol. The summed E-state index contributed by atoms with van der Waals surface area (Å²) in [6.45, 7) is 2.95. The van der Waals surface area contributed by atoms with Crippen LogP contribution in [0.25, 0.3) is 0 Å². The molecule has 0 N–H and O–H groups in total. The Balaban J connectivity index is 3.09. The van der Waals surface area contributed by atoms with Gasteiger partial charge in [-0.1, -0.05) is 0 Å². The molecule has 2 heteroatoms. The normalized spacial score (nSPS) is 10.8. The average Bonchev–Trinajstić information content (AvgIpc) is 2.08. The Morgan fingerprint density at radius 3 is 2.54 bits per heavy atom. The van der Waals surface area contributed by atoms with Crippen molar-refractivity contribution in [3.63, 3.8) is 0 Å². The molecule has 13 heavy (non-hydrogen) atoms. The van der Waals surface area contributed by atoms with Crippen LogP contribution in [0.15, 0.2) is 18.2 Å². The topological polar surface area (TPSA) is 9.23 Å². The summed E-state index contributed by atoms with van der Waals surface area (Å²) in [5.74, 6) is 0. The van der Waals surface area contributed by atoms with Crippen LogP contribution in [0.2, 0.25) is 9.26 Å². The van der Waals surface area contributed by atoms with Crippen molar-refractivity contribution in [1.29, 1.82) is 0 Å². The zero-order chi connectivity index (χ0) is 9.84. The zero-order valence-electron chi connectivity index (χ0n) is 8.79. The van der Waals surface area contributed by atoms with Crippen LogP contribution < -0.4 is 3.27 Å². The Morgan fingerprint density at radius 1 is 1.31 bits per heavy atom. The molecule has 0 aliphatic rings. The number of aryl methyl sites for hydroxylation is 1. The van der Waals surface area contributed by atoms with Crippen LogP contribution in [0.5, 0.6) is 0 Å². The van der Waals surface area contributed by atoms with Gasteiger partial charge in [0, 0.05) is 0 Å². The predicted molar refractivity (Wildman–Crippen MR) is 59.0 cm³/mol. The van der Waals surface area contributed by atoms with E-state index in [9.17, 15) is 0 Å². The fraction of sp³-hybridized carbons (Fsp3) is 0.455. The first-order chi connectivity index (χ1) is 6.16. The molecule has 0 heterocycles. The van der Waals surface area contributed by atoms with Gasteiger partial charge < -0.3 is 0 Å². The van der Waals surface area contributed by atoms with Gasteiger partial charge in [0.15, 0.2) is 0 Å². The summed E-state index contributed by atoms with van der Waals surface area (Å²) in [5.41, 5.74) is 2.82. The van der Waals surface area contributed by atoms with Gasteiger partial charge in [0.25, 0.3) is 0 Å². The van der Waals surface area contributed by atoms with E-state index in [0.717, 1.165) is 6.61 Å². The molecule has 1 rings (SSSR count). The molecule has 0 saturated carbocycles. The van der Waals surface area contributed by atoms with Crippen molar-refractivity contribution in [3.05, 3.63) is 29.3 Å². The standard InChI is InChI=1S/C9H11O.2CH3.Bi/c1-8-5-3-4-6-9(8)7-10-2;;;/h3-5H,7H2,1-2H3;2*1H3;. The summed E-state index contributed by atoms with van der Waals surface area (Å²) < 4.78 is 11.7. The molecule has 1 aromatic rings. The van der Waals surface area contributed by atoms with Gasteiger partial charge in [-0.15, -0.1) is 0 Å². The second-order valence-electron chi connectivity index (χ2n) is 3.40. The maximum atomic E-state index is 5.23. The molecule has 1 aromatic carbocycles. The number of ether oxygens (including phenoxy) is 1. The molecule has 0 fully saturated rings. The Hall–Kier alpha value is 0.0631. The van der Waals surface area contributed by atoms with Crippen molar-refractivity contribution in [2.75, 3.05) is 7.11 Å². The second-order valence-corrected chi connectivity index (χ2v) is 12.2. The molecule has 0 atom stereocenters. The first-order valence-corrected chi connectivity index (χ1v) is 13.1. The van der Waals surface area contributed by atoms with Crippen molar-refractivity contribution < 1.29 is 4.74 Å². The third-order valence-corrected chi connectivity index (χ3v) is 7.53. The van der Waals surface area contributed by atoms with Crippen molar-refractivity contribution in [3.8, 4) is 0 Å². The summed E-state index contributed by atoms with van der Waals surface area (Å²) in [6, 6.07) is 6.61. The molecule has 72 valence electrons. The van der Waals surface area contributed by atoms with Gasteiger partial charge in [-0.25, -0.2) is 0 Å². The molecule has 1 nitrogen and oxygen atoms in total. The number of hydrogen-bond acceptors (Lipinski definition) is 1. The van der Waals surface area contributed by atoms with Crippen molar-refractivity contribution >= 4 is 25.0 Å². The molecule has 0 spiro atoms. The van der Waals surface area contributed by atoms with Gasteiger partial charge >= 0.3 is 89.0 Å². The molecule has 0 aromatic heterocycles. The Morgan fingerprint density at radius 2 is 2.00 bits per heavy atom. The van der Waals surface area contributed by atoms with Crippen LogP contribution in [-0.2, 0) is 11.3 Å². The molecular formula is C11H17BiO. The molecule has 0 radical (unpaired) electrons. The van der Waals surface area contributed by atoms with Crippen molar-refractivity contribution in [2.45, 2.75) is 22.8 Å². The first-order valence-electron chi connectivity index (χ1n) is 4.41. The molecule has 0 amide bonds. The Kier molecular flexibility index (Phi) is 4.35. The molecular weight excluding hydrogens is 357 g/mol. The minimum atomic E-state index is -1.31. The van der Waals surface area contributed by atoms with Crippen LogP contribution in [0.4, 0.5) is 0 Å². The van der Waals surface area contributed by atoms with E-state index in [1.165, 1.54) is 11.1 Å². The van der Waals surface area contributed by atoms with Gasteiger partial charge in [-0.05, 0) is 0 Å². The number of hydrogen-bond donors (Lipinski definition) is 0. The zero-order valence-corrected chi connectivity index (χ0v) is 12.3. The fourth-order valence-electron chi connectivity index (χ4n) is 1.44. The Bertz CT molecular complexity index is 281. The van der Waals surface area contributed by atoms with Gasteiger partial charge in [0.05, 0.1) is 0 Å². The van der Waals surface area contributed by atoms with Crippen LogP contribution in [-0.4, -0.2) is 28.9 Å². The van der Waals surface area contributed by atoms with E-state index in [2.05, 4.69) is 34.4 Å². The molecule has 0 unspecified atom stereocenters. The predicted octanol–water partition coefficient (Wildman–Crippen LogP) is 2.10. The summed E-state index contributed by atoms with van der Waals surface area (Å²) in [7, 11) is 1.77. The SMILES string of the molecule is COCc1c(C)ccc[c]1[Bi]([CH3])[CH3]. The van der Waals surface area contributed by atoms with Crippen LogP contribution >= 0.6 is 0 Å². The van der Waals surface area contributed by atoms with E-state index in [-0.39, 0.29) is 0 Å². The number of benzene rings is 1. The monoisotopic (exact) mass is 374 g/mol. The molecule has 0 bridgehead atoms. The molecule has 0 saturated heterocycles. The van der Waals surface area contributed by atoms with E-state index in [4.69, 9.17) is 4.74 Å². The third-order valence-electron chi connectivity index (χ3n) is 2.16. The number of methoxy groups -OCH3 is 1. The second kappa shape index (κ2) is 5.07. The first kappa shape index (κ1) is 11.1. The van der Waals surface area contributed by atoms with Crippen LogP contribution in [0.1, 0.15) is 11.1 Å². The van der Waals surface area contributed by atoms with E-state index in [1.54, 1.807) is 10.4 Å². The van der Waals surface area contributed by atoms with Gasteiger partial charge in [-0.3, -0.25) is 0 Å². The molecule has 0 aliphatic heterocycles. The minimum absolute atomic E-state index is 0.773. The van der Waals surface area contributed by atoms with E-state index >= 15 is 0 Å². The van der Waals surface area contributed by atoms with Crippen molar-refractivity contribution in [1.82, 2.24) is 0 Å². The summed E-state index contributed by atoms with van der Waals surface area (Å²) in [5, 5.41) is 0. The summed E-state index contributed by atoms with van der Waals surface area (Å²) in [6.07, 6.45) is 0. The summed E-state index contributed by atoms with van der Waals surface area (Å²) >= 11 is -1.31. The Labute approximate surface area is 88.8 Å². The van der Waals surface area contributed by atoms with E-state index < -0.39 is 21.8 Å². The van der Waals surface area contributed by atoms with Crippen LogP contribution in [0, 0.1) is 6.92 Å². The van der Waals surface area contributed by atoms with Crippen molar-refractivity contribution in [2.24, 2.45) is 0 Å². The van der Waals surface area contributed by atoms with Gasteiger partial charge in [0.1, 0.15) is 0 Å². The van der Waals surface area contributed by atoms with E-state index in [0.29, 0.717) is 0 Å². The van der Waals surface area contributed by atoms with E-state index in [1.807, 2.05) is 0 Å². The molecule has 0 aliphatic carbocycles. The van der Waals surface area contributed by atoms with Gasteiger partial charge in [-0.2, -0.15) is 0 Å². The maximum absolute atomic E-state index is 5.23. The quantitative estimate of drug-likeness (QED) is 0.737. The fourth-order valence-corrected chi connectivity index (χ4v) is 5.97. The third kappa shape index (κ3) is 2.75. The van der Waals surface area contributed by atoms with Gasteiger partial charge in [0.2, 0.25) is 0 Å². The number of rotatable bonds is 3. The summed E-state index contributed by atoms with van der Waals surface area (Å²) in [4.78, 5) is 0. The van der Waals surface area contributed by atoms with Crippen LogP contribution in [0.3, 0.4) is 0 Å².